The van der Waals surface area contributed by atoms with E-state index in [4.69, 9.17) is 4.74 Å². The largest absolute Gasteiger partial charge is 0.474 e. The Morgan fingerprint density at radius 1 is 1.20 bits per heavy atom. The maximum Gasteiger partial charge on any atom is 0.434 e. The second kappa shape index (κ2) is 9.19. The van der Waals surface area contributed by atoms with E-state index in [1.165, 1.54) is 28.9 Å². The summed E-state index contributed by atoms with van der Waals surface area (Å²) in [5.41, 5.74) is -2.35. The van der Waals surface area contributed by atoms with Gasteiger partial charge in [0.2, 0.25) is 5.88 Å². The summed E-state index contributed by atoms with van der Waals surface area (Å²) in [6.07, 6.45) is 1.65. The Morgan fingerprint density at radius 3 is 2.54 bits per heavy atom. The van der Waals surface area contributed by atoms with Crippen LogP contribution in [-0.4, -0.2) is 65.4 Å². The number of piperidine rings is 1. The summed E-state index contributed by atoms with van der Waals surface area (Å²) < 4.78 is 60.4. The van der Waals surface area contributed by atoms with Crippen molar-refractivity contribution in [3.05, 3.63) is 48.4 Å². The first-order valence-electron chi connectivity index (χ1n) is 10.8. The molecule has 9 nitrogen and oxygen atoms in total. The van der Waals surface area contributed by atoms with Gasteiger partial charge >= 0.3 is 6.18 Å². The third-order valence-electron chi connectivity index (χ3n) is 5.72. The fraction of sp³-hybridized carbons (Fsp3) is 0.455. The molecule has 3 atom stereocenters. The molecule has 0 bridgehead atoms. The third-order valence-corrected chi connectivity index (χ3v) is 5.72. The van der Waals surface area contributed by atoms with Gasteiger partial charge in [-0.2, -0.15) is 18.3 Å². The highest BCUT2D eigenvalue weighted by Gasteiger charge is 2.44. The predicted molar refractivity (Wildman–Crippen MR) is 115 cm³/mol. The number of alkyl halides is 4. The molecule has 3 aromatic rings. The van der Waals surface area contributed by atoms with Gasteiger partial charge in [0.05, 0.1) is 30.5 Å². The maximum atomic E-state index is 15.2. The third kappa shape index (κ3) is 5.38. The number of aryl methyl sites for hydroxylation is 1. The van der Waals surface area contributed by atoms with Gasteiger partial charge in [-0.15, -0.1) is 0 Å². The molecule has 0 aromatic carbocycles. The van der Waals surface area contributed by atoms with Crippen molar-refractivity contribution in [1.82, 2.24) is 34.6 Å². The lowest BCUT2D eigenvalue weighted by atomic mass is 9.83. The molecule has 1 aliphatic rings. The van der Waals surface area contributed by atoms with Crippen LogP contribution in [0.1, 0.15) is 36.5 Å². The standard InChI is InChI=1S/C22H23F4N7O2/c1-13-7-21(2,23)12-33(15(13)11-35-17-9-29-16(8-30-17)22(24,25)26)20(34)18-14(10-32(3)31-18)19-27-5-4-6-28-19/h4-6,8-10,13,15H,7,11-12H2,1-3H3/t13-,15-,21?/m1/s1. The van der Waals surface area contributed by atoms with Gasteiger partial charge in [-0.1, -0.05) is 6.92 Å². The molecule has 0 radical (unpaired) electrons. The second-order valence-electron chi connectivity index (χ2n) is 8.78. The lowest BCUT2D eigenvalue weighted by molar-refractivity contribution is -0.141. The Labute approximate surface area is 198 Å². The minimum atomic E-state index is -4.62. The van der Waals surface area contributed by atoms with Crippen molar-refractivity contribution in [2.24, 2.45) is 13.0 Å². The van der Waals surface area contributed by atoms with Crippen LogP contribution in [-0.2, 0) is 13.2 Å². The summed E-state index contributed by atoms with van der Waals surface area (Å²) in [6.45, 7) is 2.87. The van der Waals surface area contributed by atoms with Crippen molar-refractivity contribution in [2.45, 2.75) is 38.2 Å². The molecule has 1 amide bonds. The number of halogens is 4. The summed E-state index contributed by atoms with van der Waals surface area (Å²) >= 11 is 0. The number of likely N-dealkylation sites (tertiary alicyclic amines) is 1. The summed E-state index contributed by atoms with van der Waals surface area (Å²) in [5.74, 6) is -0.701. The topological polar surface area (TPSA) is 98.9 Å². The minimum Gasteiger partial charge on any atom is -0.474 e. The van der Waals surface area contributed by atoms with E-state index in [1.807, 2.05) is 0 Å². The van der Waals surface area contributed by atoms with E-state index in [0.29, 0.717) is 17.6 Å². The lowest BCUT2D eigenvalue weighted by Gasteiger charge is -2.44. The Balaban J connectivity index is 1.60. The van der Waals surface area contributed by atoms with E-state index in [1.54, 1.807) is 26.2 Å². The van der Waals surface area contributed by atoms with Gasteiger partial charge in [-0.05, 0) is 25.3 Å². The average molecular weight is 493 g/mol. The van der Waals surface area contributed by atoms with Crippen LogP contribution in [0.15, 0.2) is 37.1 Å². The highest BCUT2D eigenvalue weighted by Crippen LogP contribution is 2.35. The van der Waals surface area contributed by atoms with Crippen molar-refractivity contribution in [3.8, 4) is 17.3 Å². The lowest BCUT2D eigenvalue weighted by Crippen LogP contribution is -2.57. The minimum absolute atomic E-state index is 0.0583. The zero-order chi connectivity index (χ0) is 25.4. The van der Waals surface area contributed by atoms with Crippen LogP contribution in [0, 0.1) is 5.92 Å². The monoisotopic (exact) mass is 493 g/mol. The number of hydrogen-bond acceptors (Lipinski definition) is 7. The zero-order valence-corrected chi connectivity index (χ0v) is 19.2. The smallest absolute Gasteiger partial charge is 0.434 e. The second-order valence-corrected chi connectivity index (χ2v) is 8.78. The molecular weight excluding hydrogens is 470 g/mol. The molecule has 186 valence electrons. The van der Waals surface area contributed by atoms with E-state index in [0.717, 1.165) is 6.20 Å². The molecule has 1 fully saturated rings. The fourth-order valence-electron chi connectivity index (χ4n) is 4.22. The summed E-state index contributed by atoms with van der Waals surface area (Å²) in [5, 5.41) is 4.27. The Bertz CT molecular complexity index is 1180. The van der Waals surface area contributed by atoms with Crippen molar-refractivity contribution in [1.29, 1.82) is 0 Å². The number of rotatable bonds is 5. The fourth-order valence-corrected chi connectivity index (χ4v) is 4.22. The first-order chi connectivity index (χ1) is 16.4. The number of amides is 1. The van der Waals surface area contributed by atoms with Crippen molar-refractivity contribution in [2.75, 3.05) is 13.2 Å². The SMILES string of the molecule is C[C@@H]1CC(C)(F)CN(C(=O)c2nn(C)cc2-c2ncccn2)[C@@H]1COc1cnc(C(F)(F)F)cn1. The molecule has 3 aromatic heterocycles. The van der Waals surface area contributed by atoms with E-state index in [2.05, 4.69) is 25.0 Å². The molecule has 1 saturated heterocycles. The molecule has 35 heavy (non-hydrogen) atoms. The van der Waals surface area contributed by atoms with Gasteiger partial charge in [-0.3, -0.25) is 9.48 Å². The highest BCUT2D eigenvalue weighted by atomic mass is 19.4. The zero-order valence-electron chi connectivity index (χ0n) is 19.2. The molecule has 0 aliphatic carbocycles. The molecule has 0 saturated carbocycles. The van der Waals surface area contributed by atoms with Gasteiger partial charge in [-0.25, -0.2) is 24.3 Å². The van der Waals surface area contributed by atoms with Gasteiger partial charge in [0.25, 0.3) is 5.91 Å². The Hall–Kier alpha value is -3.64. The maximum absolute atomic E-state index is 15.2. The van der Waals surface area contributed by atoms with E-state index in [-0.39, 0.29) is 37.1 Å². The van der Waals surface area contributed by atoms with Gasteiger partial charge < -0.3 is 9.64 Å². The number of carbonyl (C=O) groups excluding carboxylic acids is 1. The molecule has 1 aliphatic heterocycles. The van der Waals surface area contributed by atoms with Crippen LogP contribution >= 0.6 is 0 Å². The Morgan fingerprint density at radius 2 is 1.91 bits per heavy atom. The number of nitrogens with zero attached hydrogens (tertiary/aromatic N) is 7. The molecule has 4 rings (SSSR count). The van der Waals surface area contributed by atoms with E-state index >= 15 is 4.39 Å². The van der Waals surface area contributed by atoms with Crippen molar-refractivity contribution >= 4 is 5.91 Å². The molecule has 13 heteroatoms. The van der Waals surface area contributed by atoms with Crippen LogP contribution in [0.2, 0.25) is 0 Å². The van der Waals surface area contributed by atoms with Crippen molar-refractivity contribution in [3.63, 3.8) is 0 Å². The molecular formula is C22H23F4N7O2. The number of hydrogen-bond donors (Lipinski definition) is 0. The first-order valence-corrected chi connectivity index (χ1v) is 10.8. The predicted octanol–water partition coefficient (Wildman–Crippen LogP) is 3.34. The molecule has 1 unspecified atom stereocenters. The number of carbonyl (C=O) groups is 1. The number of ether oxygens (including phenoxy) is 1. The van der Waals surface area contributed by atoms with E-state index in [9.17, 15) is 18.0 Å². The number of aromatic nitrogens is 6. The Kier molecular flexibility index (Phi) is 6.43. The van der Waals surface area contributed by atoms with Gasteiger partial charge in [0, 0.05) is 25.6 Å². The summed E-state index contributed by atoms with van der Waals surface area (Å²) in [4.78, 5) is 30.3. The molecule has 0 spiro atoms. The summed E-state index contributed by atoms with van der Waals surface area (Å²) in [6, 6.07) is 1.04. The highest BCUT2D eigenvalue weighted by molar-refractivity contribution is 5.98. The van der Waals surface area contributed by atoms with Crippen LogP contribution in [0.3, 0.4) is 0 Å². The van der Waals surface area contributed by atoms with Crippen LogP contribution in [0.25, 0.3) is 11.4 Å². The normalized spacial score (nSPS) is 22.8. The van der Waals surface area contributed by atoms with Gasteiger partial charge in [0.15, 0.2) is 17.2 Å². The van der Waals surface area contributed by atoms with E-state index < -0.39 is 29.5 Å². The quantitative estimate of drug-likeness (QED) is 0.503. The molecule has 0 N–H and O–H groups in total. The average Bonchev–Trinajstić information content (AvgIpc) is 3.19. The van der Waals surface area contributed by atoms with Crippen molar-refractivity contribution < 1.29 is 27.1 Å². The summed E-state index contributed by atoms with van der Waals surface area (Å²) in [7, 11) is 1.64. The van der Waals surface area contributed by atoms with Crippen LogP contribution in [0.4, 0.5) is 17.6 Å². The first kappa shape index (κ1) is 24.5. The van der Waals surface area contributed by atoms with Crippen LogP contribution in [0.5, 0.6) is 5.88 Å². The van der Waals surface area contributed by atoms with Gasteiger partial charge in [0.1, 0.15) is 12.3 Å². The molecule has 4 heterocycles. The van der Waals surface area contributed by atoms with Crippen LogP contribution < -0.4 is 4.74 Å².